The normalized spacial score (nSPS) is 15.8. The Bertz CT molecular complexity index is 479. The number of carbonyl (C=O) groups is 1. The first-order chi connectivity index (χ1) is 10.1. The molecule has 5 nitrogen and oxygen atoms in total. The lowest BCUT2D eigenvalue weighted by Gasteiger charge is -2.23. The molecular formula is C16H26N4O. The van der Waals surface area contributed by atoms with Crippen molar-refractivity contribution in [2.24, 2.45) is 0 Å². The van der Waals surface area contributed by atoms with Crippen molar-refractivity contribution in [2.45, 2.75) is 58.9 Å². The third-order valence-electron chi connectivity index (χ3n) is 4.06. The van der Waals surface area contributed by atoms with Gasteiger partial charge in [0.05, 0.1) is 0 Å². The first-order valence-electron chi connectivity index (χ1n) is 8.05. The molecule has 1 aliphatic carbocycles. The van der Waals surface area contributed by atoms with Gasteiger partial charge in [-0.25, -0.2) is 9.97 Å². The zero-order valence-electron chi connectivity index (χ0n) is 13.4. The number of carbonyl (C=O) groups excluding carboxylic acids is 1. The Labute approximate surface area is 127 Å². The van der Waals surface area contributed by atoms with Gasteiger partial charge >= 0.3 is 0 Å². The van der Waals surface area contributed by atoms with Gasteiger partial charge in [0.1, 0.15) is 5.69 Å². The fourth-order valence-corrected chi connectivity index (χ4v) is 2.82. The quantitative estimate of drug-likeness (QED) is 0.906. The van der Waals surface area contributed by atoms with Crippen LogP contribution in [0, 0.1) is 6.92 Å². The zero-order chi connectivity index (χ0) is 15.2. The molecule has 1 aliphatic rings. The van der Waals surface area contributed by atoms with E-state index in [1.165, 1.54) is 19.3 Å². The molecule has 1 N–H and O–H groups in total. The van der Waals surface area contributed by atoms with Crippen LogP contribution in [-0.4, -0.2) is 35.0 Å². The number of anilines is 1. The number of rotatable bonds is 5. The summed E-state index contributed by atoms with van der Waals surface area (Å²) < 4.78 is 0. The summed E-state index contributed by atoms with van der Waals surface area (Å²) in [5.74, 6) is 0.578. The van der Waals surface area contributed by atoms with Gasteiger partial charge in [0.15, 0.2) is 0 Å². The van der Waals surface area contributed by atoms with Gasteiger partial charge in [-0.2, -0.15) is 0 Å². The second-order valence-corrected chi connectivity index (χ2v) is 5.68. The number of hydrogen-bond acceptors (Lipinski definition) is 4. The molecule has 5 heteroatoms. The third-order valence-corrected chi connectivity index (χ3v) is 4.06. The van der Waals surface area contributed by atoms with Crippen molar-refractivity contribution in [2.75, 3.05) is 18.0 Å². The molecule has 1 aromatic heterocycles. The Morgan fingerprint density at radius 1 is 1.24 bits per heavy atom. The summed E-state index contributed by atoms with van der Waals surface area (Å²) in [6.07, 6.45) is 5.86. The lowest BCUT2D eigenvalue weighted by molar-refractivity contribution is 0.0922. The maximum absolute atomic E-state index is 12.4. The molecule has 1 aromatic rings. The molecule has 0 bridgehead atoms. The lowest BCUT2D eigenvalue weighted by Crippen LogP contribution is -2.37. The van der Waals surface area contributed by atoms with Gasteiger partial charge in [-0.3, -0.25) is 4.79 Å². The topological polar surface area (TPSA) is 58.1 Å². The number of aryl methyl sites for hydroxylation is 1. The van der Waals surface area contributed by atoms with E-state index in [4.69, 9.17) is 0 Å². The summed E-state index contributed by atoms with van der Waals surface area (Å²) >= 11 is 0. The molecule has 116 valence electrons. The Morgan fingerprint density at radius 3 is 2.52 bits per heavy atom. The number of nitrogens with zero attached hydrogens (tertiary/aromatic N) is 3. The summed E-state index contributed by atoms with van der Waals surface area (Å²) in [5, 5.41) is 3.12. The molecular weight excluding hydrogens is 264 g/mol. The van der Waals surface area contributed by atoms with Crippen molar-refractivity contribution in [3.05, 3.63) is 17.5 Å². The molecule has 1 heterocycles. The zero-order valence-corrected chi connectivity index (χ0v) is 13.4. The smallest absolute Gasteiger partial charge is 0.270 e. The largest absolute Gasteiger partial charge is 0.348 e. The molecule has 0 radical (unpaired) electrons. The van der Waals surface area contributed by atoms with Gasteiger partial charge in [0.25, 0.3) is 5.91 Å². The standard InChI is InChI=1S/C16H26N4O/c1-4-20(5-2)16-17-12(3)11-14(19-16)15(21)18-13-9-7-6-8-10-13/h11,13H,4-10H2,1-3H3,(H,18,21). The SMILES string of the molecule is CCN(CC)c1nc(C)cc(C(=O)NC2CCCCC2)n1. The second kappa shape index (κ2) is 7.38. The van der Waals surface area contributed by atoms with Crippen LogP contribution in [0.25, 0.3) is 0 Å². The Balaban J connectivity index is 2.12. The molecule has 1 saturated carbocycles. The highest BCUT2D eigenvalue weighted by atomic mass is 16.1. The summed E-state index contributed by atoms with van der Waals surface area (Å²) in [6, 6.07) is 2.07. The van der Waals surface area contributed by atoms with Crippen LogP contribution in [-0.2, 0) is 0 Å². The van der Waals surface area contributed by atoms with E-state index in [-0.39, 0.29) is 5.91 Å². The highest BCUT2D eigenvalue weighted by molar-refractivity contribution is 5.92. The van der Waals surface area contributed by atoms with E-state index in [0.29, 0.717) is 17.7 Å². The number of hydrogen-bond donors (Lipinski definition) is 1. The minimum Gasteiger partial charge on any atom is -0.348 e. The Kier molecular flexibility index (Phi) is 5.53. The van der Waals surface area contributed by atoms with Crippen LogP contribution in [0.4, 0.5) is 5.95 Å². The highest BCUT2D eigenvalue weighted by Gasteiger charge is 2.19. The molecule has 1 amide bonds. The molecule has 2 rings (SSSR count). The lowest BCUT2D eigenvalue weighted by atomic mass is 9.95. The van der Waals surface area contributed by atoms with Crippen LogP contribution in [0.2, 0.25) is 0 Å². The Hall–Kier alpha value is -1.65. The molecule has 0 unspecified atom stereocenters. The van der Waals surface area contributed by atoms with Crippen molar-refractivity contribution in [1.29, 1.82) is 0 Å². The van der Waals surface area contributed by atoms with Gasteiger partial charge in [-0.1, -0.05) is 19.3 Å². The maximum Gasteiger partial charge on any atom is 0.270 e. The van der Waals surface area contributed by atoms with E-state index in [0.717, 1.165) is 31.6 Å². The average Bonchev–Trinajstić information content (AvgIpc) is 2.49. The molecule has 0 aliphatic heterocycles. The summed E-state index contributed by atoms with van der Waals surface area (Å²) in [6.45, 7) is 7.72. The van der Waals surface area contributed by atoms with Gasteiger partial charge < -0.3 is 10.2 Å². The maximum atomic E-state index is 12.4. The fourth-order valence-electron chi connectivity index (χ4n) is 2.82. The van der Waals surface area contributed by atoms with E-state index < -0.39 is 0 Å². The minimum absolute atomic E-state index is 0.0687. The van der Waals surface area contributed by atoms with E-state index in [2.05, 4.69) is 34.0 Å². The van der Waals surface area contributed by atoms with Crippen molar-refractivity contribution in [3.63, 3.8) is 0 Å². The minimum atomic E-state index is -0.0687. The monoisotopic (exact) mass is 290 g/mol. The number of nitrogens with one attached hydrogen (secondary N) is 1. The van der Waals surface area contributed by atoms with Crippen molar-refractivity contribution in [3.8, 4) is 0 Å². The average molecular weight is 290 g/mol. The molecule has 0 spiro atoms. The fraction of sp³-hybridized carbons (Fsp3) is 0.688. The second-order valence-electron chi connectivity index (χ2n) is 5.68. The van der Waals surface area contributed by atoms with E-state index in [1.54, 1.807) is 6.07 Å². The molecule has 0 saturated heterocycles. The molecule has 21 heavy (non-hydrogen) atoms. The first-order valence-corrected chi connectivity index (χ1v) is 8.05. The molecule has 0 atom stereocenters. The third kappa shape index (κ3) is 4.16. The van der Waals surface area contributed by atoms with Crippen LogP contribution >= 0.6 is 0 Å². The first kappa shape index (κ1) is 15.7. The predicted octanol–water partition coefficient (Wildman–Crippen LogP) is 2.69. The predicted molar refractivity (Wildman–Crippen MR) is 84.7 cm³/mol. The molecule has 1 fully saturated rings. The van der Waals surface area contributed by atoms with Crippen LogP contribution in [0.15, 0.2) is 6.07 Å². The van der Waals surface area contributed by atoms with Crippen LogP contribution in [0.3, 0.4) is 0 Å². The van der Waals surface area contributed by atoms with E-state index >= 15 is 0 Å². The van der Waals surface area contributed by atoms with Crippen LogP contribution in [0.5, 0.6) is 0 Å². The van der Waals surface area contributed by atoms with Crippen molar-refractivity contribution in [1.82, 2.24) is 15.3 Å². The van der Waals surface area contributed by atoms with Crippen molar-refractivity contribution >= 4 is 11.9 Å². The van der Waals surface area contributed by atoms with Gasteiger partial charge in [-0.15, -0.1) is 0 Å². The van der Waals surface area contributed by atoms with Crippen LogP contribution < -0.4 is 10.2 Å². The van der Waals surface area contributed by atoms with Gasteiger partial charge in [0, 0.05) is 24.8 Å². The summed E-state index contributed by atoms with van der Waals surface area (Å²) in [7, 11) is 0. The van der Waals surface area contributed by atoms with E-state index in [9.17, 15) is 4.79 Å². The molecule has 0 aromatic carbocycles. The number of amides is 1. The van der Waals surface area contributed by atoms with Gasteiger partial charge in [-0.05, 0) is 39.7 Å². The summed E-state index contributed by atoms with van der Waals surface area (Å²) in [5.41, 5.74) is 1.32. The summed E-state index contributed by atoms with van der Waals surface area (Å²) in [4.78, 5) is 23.3. The van der Waals surface area contributed by atoms with E-state index in [1.807, 2.05) is 6.92 Å². The Morgan fingerprint density at radius 2 is 1.90 bits per heavy atom. The van der Waals surface area contributed by atoms with Gasteiger partial charge in [0.2, 0.25) is 5.95 Å². The highest BCUT2D eigenvalue weighted by Crippen LogP contribution is 2.18. The van der Waals surface area contributed by atoms with Crippen molar-refractivity contribution < 1.29 is 4.79 Å². The number of aromatic nitrogens is 2. The van der Waals surface area contributed by atoms with Crippen LogP contribution in [0.1, 0.15) is 62.1 Å².